The van der Waals surface area contributed by atoms with Gasteiger partial charge in [-0.05, 0) is 54.4 Å². The standard InChI is InChI=1S/C26H26ClN3O3S/c27-21-11-9-19(10-12-21)17-30-14-13-22(18-30)29-25(31)16-28-26(32)20-5-4-8-24(15-20)34(33)23-6-2-1-3-7-23/h1-12,15,22H,13-14,16-18H2,(H,28,32)(H,29,31)/t22-,34?/m1/s1. The van der Waals surface area contributed by atoms with Crippen LogP contribution < -0.4 is 10.6 Å². The second kappa shape index (κ2) is 11.4. The van der Waals surface area contributed by atoms with E-state index >= 15 is 0 Å². The topological polar surface area (TPSA) is 78.5 Å². The molecule has 1 fully saturated rings. The second-order valence-corrected chi connectivity index (χ2v) is 10.1. The van der Waals surface area contributed by atoms with E-state index in [0.717, 1.165) is 26.1 Å². The maximum Gasteiger partial charge on any atom is 0.251 e. The summed E-state index contributed by atoms with van der Waals surface area (Å²) >= 11 is 5.94. The van der Waals surface area contributed by atoms with Gasteiger partial charge in [-0.3, -0.25) is 14.5 Å². The van der Waals surface area contributed by atoms with Crippen LogP contribution in [0.2, 0.25) is 5.02 Å². The van der Waals surface area contributed by atoms with Crippen molar-refractivity contribution in [3.63, 3.8) is 0 Å². The summed E-state index contributed by atoms with van der Waals surface area (Å²) in [6, 6.07) is 23.6. The van der Waals surface area contributed by atoms with Crippen molar-refractivity contribution in [3.8, 4) is 0 Å². The Morgan fingerprint density at radius 3 is 2.47 bits per heavy atom. The Morgan fingerprint density at radius 1 is 0.971 bits per heavy atom. The van der Waals surface area contributed by atoms with Crippen LogP contribution in [0.5, 0.6) is 0 Å². The zero-order chi connectivity index (χ0) is 23.9. The molecule has 0 saturated carbocycles. The zero-order valence-electron chi connectivity index (χ0n) is 18.6. The molecule has 3 aromatic carbocycles. The molecule has 3 aromatic rings. The van der Waals surface area contributed by atoms with Crippen molar-refractivity contribution in [2.45, 2.75) is 28.8 Å². The van der Waals surface area contributed by atoms with E-state index in [1.807, 2.05) is 42.5 Å². The Bertz CT molecular complexity index is 1170. The van der Waals surface area contributed by atoms with Gasteiger partial charge in [0.25, 0.3) is 5.91 Å². The van der Waals surface area contributed by atoms with Gasteiger partial charge in [0.05, 0.1) is 17.3 Å². The molecule has 2 amide bonds. The third-order valence-electron chi connectivity index (χ3n) is 5.63. The first-order valence-corrected chi connectivity index (χ1v) is 12.6. The number of likely N-dealkylation sites (tertiary alicyclic amines) is 1. The maximum atomic E-state index is 12.7. The minimum absolute atomic E-state index is 0.0494. The van der Waals surface area contributed by atoms with Crippen LogP contribution in [-0.2, 0) is 22.1 Å². The molecule has 176 valence electrons. The Morgan fingerprint density at radius 2 is 1.71 bits per heavy atom. The van der Waals surface area contributed by atoms with Crippen LogP contribution in [-0.4, -0.2) is 46.6 Å². The van der Waals surface area contributed by atoms with Gasteiger partial charge in [-0.2, -0.15) is 0 Å². The molecule has 8 heteroatoms. The summed E-state index contributed by atoms with van der Waals surface area (Å²) in [4.78, 5) is 28.4. The van der Waals surface area contributed by atoms with Crippen LogP contribution in [0.4, 0.5) is 0 Å². The molecule has 0 radical (unpaired) electrons. The third kappa shape index (κ3) is 6.53. The smallest absolute Gasteiger partial charge is 0.251 e. The second-order valence-electron chi connectivity index (χ2n) is 8.21. The number of benzene rings is 3. The average Bonchev–Trinajstić information content (AvgIpc) is 3.30. The highest BCUT2D eigenvalue weighted by atomic mass is 35.5. The van der Waals surface area contributed by atoms with Crippen molar-refractivity contribution in [1.82, 2.24) is 15.5 Å². The van der Waals surface area contributed by atoms with Gasteiger partial charge in [0.15, 0.2) is 0 Å². The summed E-state index contributed by atoms with van der Waals surface area (Å²) in [5.41, 5.74) is 1.55. The first kappa shape index (κ1) is 24.1. The van der Waals surface area contributed by atoms with Crippen LogP contribution in [0, 0.1) is 0 Å². The van der Waals surface area contributed by atoms with Gasteiger partial charge in [0.2, 0.25) is 5.91 Å². The number of hydrogen-bond donors (Lipinski definition) is 2. The number of carbonyl (C=O) groups is 2. The molecule has 34 heavy (non-hydrogen) atoms. The Hall–Kier alpha value is -3.00. The molecule has 2 N–H and O–H groups in total. The molecule has 1 saturated heterocycles. The average molecular weight is 496 g/mol. The SMILES string of the molecule is O=C(CNC(=O)c1cccc(S(=O)c2ccccc2)c1)N[C@@H]1CCN(Cc2ccc(Cl)cc2)C1. The van der Waals surface area contributed by atoms with Crippen molar-refractivity contribution < 1.29 is 13.8 Å². The lowest BCUT2D eigenvalue weighted by Crippen LogP contribution is -2.43. The molecular formula is C26H26ClN3O3S. The van der Waals surface area contributed by atoms with Gasteiger partial charge in [-0.15, -0.1) is 0 Å². The van der Waals surface area contributed by atoms with Gasteiger partial charge in [-0.1, -0.05) is 48.0 Å². The van der Waals surface area contributed by atoms with Crippen molar-refractivity contribution in [2.24, 2.45) is 0 Å². The molecule has 0 aromatic heterocycles. The summed E-state index contributed by atoms with van der Waals surface area (Å²) in [5, 5.41) is 6.37. The van der Waals surface area contributed by atoms with E-state index in [-0.39, 0.29) is 24.4 Å². The fourth-order valence-corrected chi connectivity index (χ4v) is 5.15. The summed E-state index contributed by atoms with van der Waals surface area (Å²) in [5.74, 6) is -0.603. The summed E-state index contributed by atoms with van der Waals surface area (Å²) < 4.78 is 12.7. The Labute approximate surface area is 206 Å². The van der Waals surface area contributed by atoms with Gasteiger partial charge in [0, 0.05) is 46.1 Å². The summed E-state index contributed by atoms with van der Waals surface area (Å²) in [6.07, 6.45) is 0.862. The number of nitrogens with zero attached hydrogens (tertiary/aromatic N) is 1. The van der Waals surface area contributed by atoms with Gasteiger partial charge in [0.1, 0.15) is 0 Å². The Balaban J connectivity index is 1.24. The number of hydrogen-bond acceptors (Lipinski definition) is 4. The quantitative estimate of drug-likeness (QED) is 0.500. The molecule has 1 aliphatic heterocycles. The predicted molar refractivity (Wildman–Crippen MR) is 133 cm³/mol. The van der Waals surface area contributed by atoms with E-state index in [9.17, 15) is 13.8 Å². The molecule has 0 aliphatic carbocycles. The fraction of sp³-hybridized carbons (Fsp3) is 0.231. The number of carbonyl (C=O) groups excluding carboxylic acids is 2. The molecule has 0 bridgehead atoms. The molecule has 6 nitrogen and oxygen atoms in total. The normalized spacial score (nSPS) is 16.7. The van der Waals surface area contributed by atoms with Crippen molar-refractivity contribution >= 4 is 34.2 Å². The highest BCUT2D eigenvalue weighted by Crippen LogP contribution is 2.18. The minimum atomic E-state index is -1.38. The Kier molecular flexibility index (Phi) is 8.11. The van der Waals surface area contributed by atoms with Gasteiger partial charge >= 0.3 is 0 Å². The van der Waals surface area contributed by atoms with Crippen molar-refractivity contribution in [1.29, 1.82) is 0 Å². The largest absolute Gasteiger partial charge is 0.350 e. The molecule has 4 rings (SSSR count). The van der Waals surface area contributed by atoms with E-state index in [1.54, 1.807) is 36.4 Å². The minimum Gasteiger partial charge on any atom is -0.350 e. The van der Waals surface area contributed by atoms with Crippen LogP contribution in [0.15, 0.2) is 88.7 Å². The lowest BCUT2D eigenvalue weighted by atomic mass is 10.2. The van der Waals surface area contributed by atoms with Crippen molar-refractivity contribution in [3.05, 3.63) is 95.0 Å². The molecule has 1 unspecified atom stereocenters. The highest BCUT2D eigenvalue weighted by molar-refractivity contribution is 7.85. The van der Waals surface area contributed by atoms with Gasteiger partial charge in [-0.25, -0.2) is 4.21 Å². The monoisotopic (exact) mass is 495 g/mol. The predicted octanol–water partition coefficient (Wildman–Crippen LogP) is 3.63. The molecular weight excluding hydrogens is 470 g/mol. The molecule has 2 atom stereocenters. The first-order valence-electron chi connectivity index (χ1n) is 11.1. The summed E-state index contributed by atoms with van der Waals surface area (Å²) in [6.45, 7) is 2.35. The van der Waals surface area contributed by atoms with Crippen LogP contribution >= 0.6 is 11.6 Å². The van der Waals surface area contributed by atoms with Crippen LogP contribution in [0.25, 0.3) is 0 Å². The maximum absolute atomic E-state index is 12.7. The molecule has 0 spiro atoms. The number of rotatable bonds is 8. The van der Waals surface area contributed by atoms with Crippen LogP contribution in [0.3, 0.4) is 0 Å². The number of amides is 2. The van der Waals surface area contributed by atoms with Gasteiger partial charge < -0.3 is 10.6 Å². The van der Waals surface area contributed by atoms with E-state index < -0.39 is 10.8 Å². The highest BCUT2D eigenvalue weighted by Gasteiger charge is 2.24. The number of halogens is 1. The van der Waals surface area contributed by atoms with E-state index in [4.69, 9.17) is 11.6 Å². The third-order valence-corrected chi connectivity index (χ3v) is 7.27. The first-order chi connectivity index (χ1) is 16.5. The number of nitrogens with one attached hydrogen (secondary N) is 2. The van der Waals surface area contributed by atoms with E-state index in [0.29, 0.717) is 20.4 Å². The lowest BCUT2D eigenvalue weighted by molar-refractivity contribution is -0.120. The molecule has 1 heterocycles. The fourth-order valence-electron chi connectivity index (χ4n) is 3.92. The lowest BCUT2D eigenvalue weighted by Gasteiger charge is -2.17. The zero-order valence-corrected chi connectivity index (χ0v) is 20.1. The van der Waals surface area contributed by atoms with Crippen molar-refractivity contribution in [2.75, 3.05) is 19.6 Å². The van der Waals surface area contributed by atoms with E-state index in [1.165, 1.54) is 5.56 Å². The summed E-state index contributed by atoms with van der Waals surface area (Å²) in [7, 11) is -1.38. The van der Waals surface area contributed by atoms with E-state index in [2.05, 4.69) is 15.5 Å². The molecule has 1 aliphatic rings. The van der Waals surface area contributed by atoms with Crippen LogP contribution in [0.1, 0.15) is 22.3 Å².